The van der Waals surface area contributed by atoms with Gasteiger partial charge in [0.25, 0.3) is 0 Å². The van der Waals surface area contributed by atoms with Crippen molar-refractivity contribution in [3.05, 3.63) is 29.8 Å². The van der Waals surface area contributed by atoms with E-state index < -0.39 is 7.12 Å². The summed E-state index contributed by atoms with van der Waals surface area (Å²) in [6.07, 6.45) is 0.923. The highest BCUT2D eigenvalue weighted by Gasteiger charge is 2.24. The maximum Gasteiger partial charge on any atom is 0.728 e. The van der Waals surface area contributed by atoms with Gasteiger partial charge in [-0.05, 0) is 17.9 Å². The van der Waals surface area contributed by atoms with E-state index in [-0.39, 0.29) is 0 Å². The van der Waals surface area contributed by atoms with Crippen LogP contribution in [-0.2, 0) is 6.42 Å². The predicted molar refractivity (Wildman–Crippen MR) is 56.2 cm³/mol. The molecular formula is C10H16BO2+. The summed E-state index contributed by atoms with van der Waals surface area (Å²) in [4.78, 5) is 0. The van der Waals surface area contributed by atoms with Crippen molar-refractivity contribution in [2.45, 2.75) is 20.3 Å². The van der Waals surface area contributed by atoms with Crippen molar-refractivity contribution in [3.63, 3.8) is 0 Å². The summed E-state index contributed by atoms with van der Waals surface area (Å²) in [7, 11) is -1.10. The molecule has 0 aliphatic carbocycles. The summed E-state index contributed by atoms with van der Waals surface area (Å²) in [5.74, 6) is 0.555. The second-order valence-electron chi connectivity index (χ2n) is 3.70. The molecule has 1 aromatic carbocycles. The van der Waals surface area contributed by atoms with Crippen molar-refractivity contribution in [1.29, 1.82) is 0 Å². The molecule has 0 aromatic heterocycles. The van der Waals surface area contributed by atoms with Gasteiger partial charge in [-0.15, -0.1) is 0 Å². The Balaban J connectivity index is 2.91. The van der Waals surface area contributed by atoms with Crippen molar-refractivity contribution >= 4 is 12.6 Å². The smallest absolute Gasteiger partial charge is 0.522 e. The third-order valence-corrected chi connectivity index (χ3v) is 1.98. The SMILES string of the molecule is CC(C)Cc1ccccc1B(O)[OH2+]. The van der Waals surface area contributed by atoms with Crippen LogP contribution < -0.4 is 5.46 Å². The molecule has 0 unspecified atom stereocenters. The quantitative estimate of drug-likeness (QED) is 0.526. The molecular weight excluding hydrogens is 163 g/mol. The first kappa shape index (κ1) is 10.3. The number of hydrogen-bond donors (Lipinski definition) is 1. The van der Waals surface area contributed by atoms with Crippen LogP contribution in [0.1, 0.15) is 19.4 Å². The molecule has 70 valence electrons. The Morgan fingerprint density at radius 1 is 1.38 bits per heavy atom. The molecule has 0 radical (unpaired) electrons. The molecule has 13 heavy (non-hydrogen) atoms. The van der Waals surface area contributed by atoms with Crippen LogP contribution in [0.25, 0.3) is 0 Å². The van der Waals surface area contributed by atoms with Crippen LogP contribution >= 0.6 is 0 Å². The summed E-state index contributed by atoms with van der Waals surface area (Å²) in [5, 5.41) is 16.4. The lowest BCUT2D eigenvalue weighted by Crippen LogP contribution is -2.33. The average Bonchev–Trinajstić information content (AvgIpc) is 2.03. The van der Waals surface area contributed by atoms with Crippen LogP contribution in [0.2, 0.25) is 0 Å². The summed E-state index contributed by atoms with van der Waals surface area (Å²) < 4.78 is 0. The Kier molecular flexibility index (Phi) is 3.52. The lowest BCUT2D eigenvalue weighted by Gasteiger charge is -2.07. The zero-order valence-electron chi connectivity index (χ0n) is 8.12. The second-order valence-corrected chi connectivity index (χ2v) is 3.70. The third-order valence-electron chi connectivity index (χ3n) is 1.98. The van der Waals surface area contributed by atoms with E-state index >= 15 is 0 Å². The summed E-state index contributed by atoms with van der Waals surface area (Å²) >= 11 is 0. The van der Waals surface area contributed by atoms with Crippen molar-refractivity contribution < 1.29 is 10.0 Å². The van der Waals surface area contributed by atoms with Crippen LogP contribution in [0.3, 0.4) is 0 Å². The number of rotatable bonds is 3. The fourth-order valence-corrected chi connectivity index (χ4v) is 1.43. The standard InChI is InChI=1S/C10H15BO2/c1-8(2)7-9-5-3-4-6-10(9)11(12)13/h3-6,8,12-13H,7H2,1-2H3/p+1. The van der Waals surface area contributed by atoms with E-state index in [1.54, 1.807) is 0 Å². The fourth-order valence-electron chi connectivity index (χ4n) is 1.43. The minimum absolute atomic E-state index is 0.555. The predicted octanol–water partition coefficient (Wildman–Crippen LogP) is 0.297. The van der Waals surface area contributed by atoms with Gasteiger partial charge in [-0.1, -0.05) is 38.1 Å². The zero-order valence-corrected chi connectivity index (χ0v) is 8.12. The van der Waals surface area contributed by atoms with E-state index in [1.165, 1.54) is 0 Å². The minimum atomic E-state index is -1.10. The Morgan fingerprint density at radius 2 is 2.00 bits per heavy atom. The molecule has 2 nitrogen and oxygen atoms in total. The van der Waals surface area contributed by atoms with E-state index in [0.29, 0.717) is 5.92 Å². The van der Waals surface area contributed by atoms with E-state index in [1.807, 2.05) is 24.3 Å². The molecule has 0 saturated heterocycles. The second kappa shape index (κ2) is 4.44. The van der Waals surface area contributed by atoms with E-state index in [0.717, 1.165) is 17.4 Å². The Bertz CT molecular complexity index is 271. The highest BCUT2D eigenvalue weighted by molar-refractivity contribution is 6.59. The van der Waals surface area contributed by atoms with Crippen LogP contribution in [0.15, 0.2) is 24.3 Å². The molecule has 0 aliphatic rings. The Labute approximate surface area is 79.4 Å². The summed E-state index contributed by atoms with van der Waals surface area (Å²) in [6, 6.07) is 7.60. The maximum absolute atomic E-state index is 9.18. The first-order chi connectivity index (χ1) is 6.11. The number of hydrogen-bond acceptors (Lipinski definition) is 1. The van der Waals surface area contributed by atoms with Gasteiger partial charge in [0.1, 0.15) is 0 Å². The van der Waals surface area contributed by atoms with Gasteiger partial charge in [0.2, 0.25) is 0 Å². The topological polar surface area (TPSA) is 43.1 Å². The monoisotopic (exact) mass is 179 g/mol. The third kappa shape index (κ3) is 2.86. The van der Waals surface area contributed by atoms with Crippen molar-refractivity contribution in [2.24, 2.45) is 5.92 Å². The fraction of sp³-hybridized carbons (Fsp3) is 0.400. The van der Waals surface area contributed by atoms with Crippen LogP contribution in [0.5, 0.6) is 0 Å². The normalized spacial score (nSPS) is 10.5. The van der Waals surface area contributed by atoms with Crippen LogP contribution in [0, 0.1) is 5.92 Å². The maximum atomic E-state index is 9.18. The molecule has 0 bridgehead atoms. The molecule has 1 rings (SSSR count). The molecule has 0 spiro atoms. The van der Waals surface area contributed by atoms with E-state index in [4.69, 9.17) is 5.02 Å². The summed E-state index contributed by atoms with van der Waals surface area (Å²) in [6.45, 7) is 4.26. The molecule has 0 atom stereocenters. The molecule has 3 N–H and O–H groups in total. The molecule has 0 heterocycles. The van der Waals surface area contributed by atoms with Gasteiger partial charge in [0.05, 0.1) is 5.46 Å². The van der Waals surface area contributed by atoms with Gasteiger partial charge in [-0.25, -0.2) is 0 Å². The lowest BCUT2D eigenvalue weighted by atomic mass is 9.75. The van der Waals surface area contributed by atoms with Gasteiger partial charge in [-0.2, -0.15) is 0 Å². The van der Waals surface area contributed by atoms with Crippen molar-refractivity contribution in [1.82, 2.24) is 0 Å². The molecule has 0 amide bonds. The zero-order chi connectivity index (χ0) is 9.84. The van der Waals surface area contributed by atoms with Crippen LogP contribution in [-0.4, -0.2) is 17.2 Å². The minimum Gasteiger partial charge on any atom is -0.522 e. The number of benzene rings is 1. The first-order valence-corrected chi connectivity index (χ1v) is 4.58. The summed E-state index contributed by atoms with van der Waals surface area (Å²) in [5.41, 5.74) is 1.82. The molecule has 3 heteroatoms. The highest BCUT2D eigenvalue weighted by atomic mass is 16.4. The molecule has 1 aromatic rings. The van der Waals surface area contributed by atoms with Gasteiger partial charge in [-0.3, -0.25) is 0 Å². The van der Waals surface area contributed by atoms with Crippen LogP contribution in [0.4, 0.5) is 0 Å². The van der Waals surface area contributed by atoms with Crippen molar-refractivity contribution in [3.8, 4) is 0 Å². The van der Waals surface area contributed by atoms with Gasteiger partial charge < -0.3 is 10.0 Å². The average molecular weight is 179 g/mol. The Hall–Kier alpha value is -0.795. The van der Waals surface area contributed by atoms with E-state index in [9.17, 15) is 5.02 Å². The Morgan fingerprint density at radius 3 is 2.54 bits per heavy atom. The lowest BCUT2D eigenvalue weighted by molar-refractivity contribution is 0.425. The van der Waals surface area contributed by atoms with Gasteiger partial charge >= 0.3 is 7.12 Å². The van der Waals surface area contributed by atoms with Gasteiger partial charge in [0.15, 0.2) is 0 Å². The van der Waals surface area contributed by atoms with Gasteiger partial charge in [0, 0.05) is 0 Å². The molecule has 0 aliphatic heterocycles. The largest absolute Gasteiger partial charge is 0.728 e. The first-order valence-electron chi connectivity index (χ1n) is 4.58. The highest BCUT2D eigenvalue weighted by Crippen LogP contribution is 2.05. The molecule has 0 saturated carbocycles. The van der Waals surface area contributed by atoms with E-state index in [2.05, 4.69) is 13.8 Å². The molecule has 0 fully saturated rings. The van der Waals surface area contributed by atoms with Crippen molar-refractivity contribution in [2.75, 3.05) is 0 Å².